The number of amides is 1. The number of hydrogen-bond donors (Lipinski definition) is 2. The van der Waals surface area contributed by atoms with E-state index in [9.17, 15) is 18.0 Å². The zero-order chi connectivity index (χ0) is 14.8. The highest BCUT2D eigenvalue weighted by Gasteiger charge is 2.30. The van der Waals surface area contributed by atoms with Crippen molar-refractivity contribution in [3.8, 4) is 0 Å². The third kappa shape index (κ3) is 3.67. The van der Waals surface area contributed by atoms with E-state index in [0.717, 1.165) is 23.5 Å². The molecule has 0 radical (unpaired) electrons. The number of carbonyl (C=O) groups excluding carboxylic acids is 1. The largest absolute Gasteiger partial charge is 0.416 e. The summed E-state index contributed by atoms with van der Waals surface area (Å²) >= 11 is 1.05. The Balaban J connectivity index is 2.04. The van der Waals surface area contributed by atoms with Gasteiger partial charge in [-0.1, -0.05) is 17.4 Å². The molecule has 0 fully saturated rings. The van der Waals surface area contributed by atoms with Crippen molar-refractivity contribution in [2.24, 2.45) is 0 Å². The first-order chi connectivity index (χ1) is 9.34. The molecule has 0 saturated heterocycles. The van der Waals surface area contributed by atoms with Gasteiger partial charge in [0.05, 0.1) is 12.0 Å². The average Bonchev–Trinajstić information content (AvgIpc) is 2.73. The highest BCUT2D eigenvalue weighted by Crippen LogP contribution is 2.30. The molecule has 1 aromatic carbocycles. The van der Waals surface area contributed by atoms with Crippen molar-refractivity contribution in [2.45, 2.75) is 12.6 Å². The highest BCUT2D eigenvalue weighted by molar-refractivity contribution is 7.15. The topological polar surface area (TPSA) is 80.9 Å². The average molecular weight is 302 g/mol. The molecule has 1 heterocycles. The molecule has 0 saturated carbocycles. The first-order valence-corrected chi connectivity index (χ1v) is 6.21. The van der Waals surface area contributed by atoms with Crippen LogP contribution in [0.5, 0.6) is 0 Å². The molecule has 9 heteroatoms. The van der Waals surface area contributed by atoms with E-state index in [2.05, 4.69) is 15.5 Å². The Morgan fingerprint density at radius 1 is 1.35 bits per heavy atom. The number of halogens is 3. The quantitative estimate of drug-likeness (QED) is 0.911. The molecule has 0 aliphatic heterocycles. The van der Waals surface area contributed by atoms with Crippen molar-refractivity contribution in [1.82, 2.24) is 10.2 Å². The molecule has 106 valence electrons. The van der Waals surface area contributed by atoms with E-state index in [4.69, 9.17) is 5.73 Å². The van der Waals surface area contributed by atoms with Crippen molar-refractivity contribution in [3.63, 3.8) is 0 Å². The standard InChI is InChI=1S/C11H9F3N4OS/c12-11(13,14)6-2-1-3-7(4-6)16-8(19)5-9-17-18-10(15)20-9/h1-4H,5H2,(H2,15,18)(H,16,19). The summed E-state index contributed by atoms with van der Waals surface area (Å²) in [6, 6.07) is 4.40. The summed E-state index contributed by atoms with van der Waals surface area (Å²) in [6.45, 7) is 0. The zero-order valence-corrected chi connectivity index (χ0v) is 10.8. The van der Waals surface area contributed by atoms with Gasteiger partial charge in [0.1, 0.15) is 5.01 Å². The van der Waals surface area contributed by atoms with Gasteiger partial charge in [-0.05, 0) is 18.2 Å². The Hall–Kier alpha value is -2.16. The zero-order valence-electron chi connectivity index (χ0n) is 9.94. The SMILES string of the molecule is Nc1nnc(CC(=O)Nc2cccc(C(F)(F)F)c2)s1. The van der Waals surface area contributed by atoms with E-state index in [0.29, 0.717) is 5.01 Å². The Labute approximate surface area is 115 Å². The minimum absolute atomic E-state index is 0.0716. The monoisotopic (exact) mass is 302 g/mol. The molecule has 5 nitrogen and oxygen atoms in total. The van der Waals surface area contributed by atoms with Gasteiger partial charge in [-0.3, -0.25) is 4.79 Å². The third-order valence-corrected chi connectivity index (χ3v) is 3.02. The number of rotatable bonds is 3. The summed E-state index contributed by atoms with van der Waals surface area (Å²) in [5.41, 5.74) is 4.61. The number of aromatic nitrogens is 2. The second-order valence-corrected chi connectivity index (χ2v) is 4.93. The lowest BCUT2D eigenvalue weighted by Crippen LogP contribution is -2.15. The predicted molar refractivity (Wildman–Crippen MR) is 68.1 cm³/mol. The normalized spacial score (nSPS) is 11.3. The maximum Gasteiger partial charge on any atom is 0.416 e. The van der Waals surface area contributed by atoms with Crippen LogP contribution in [-0.2, 0) is 17.4 Å². The van der Waals surface area contributed by atoms with E-state index < -0.39 is 17.6 Å². The van der Waals surface area contributed by atoms with Crippen LogP contribution < -0.4 is 11.1 Å². The fourth-order valence-corrected chi connectivity index (χ4v) is 2.06. The fourth-order valence-electron chi connectivity index (χ4n) is 1.45. The minimum Gasteiger partial charge on any atom is -0.374 e. The van der Waals surface area contributed by atoms with E-state index in [1.54, 1.807) is 0 Å². The van der Waals surface area contributed by atoms with Crippen molar-refractivity contribution in [3.05, 3.63) is 34.8 Å². The van der Waals surface area contributed by atoms with Crippen LogP contribution in [0.15, 0.2) is 24.3 Å². The Morgan fingerprint density at radius 2 is 2.10 bits per heavy atom. The van der Waals surface area contributed by atoms with E-state index in [-0.39, 0.29) is 17.2 Å². The lowest BCUT2D eigenvalue weighted by Gasteiger charge is -2.09. The molecule has 1 aromatic heterocycles. The Bertz CT molecular complexity index is 626. The number of nitrogen functional groups attached to an aromatic ring is 1. The second-order valence-electron chi connectivity index (χ2n) is 3.84. The second kappa shape index (κ2) is 5.45. The van der Waals surface area contributed by atoms with Gasteiger partial charge in [0, 0.05) is 5.69 Å². The van der Waals surface area contributed by atoms with Crippen LogP contribution >= 0.6 is 11.3 Å². The molecule has 0 bridgehead atoms. The van der Waals surface area contributed by atoms with E-state index in [1.807, 2.05) is 0 Å². The van der Waals surface area contributed by atoms with E-state index in [1.165, 1.54) is 12.1 Å². The van der Waals surface area contributed by atoms with Crippen LogP contribution in [0.2, 0.25) is 0 Å². The molecule has 2 aromatic rings. The molecule has 0 spiro atoms. The van der Waals surface area contributed by atoms with Crippen molar-refractivity contribution >= 4 is 28.1 Å². The number of hydrogen-bond acceptors (Lipinski definition) is 5. The van der Waals surface area contributed by atoms with Gasteiger partial charge in [0.15, 0.2) is 0 Å². The predicted octanol–water partition coefficient (Wildman–Crippen LogP) is 2.32. The molecule has 3 N–H and O–H groups in total. The van der Waals surface area contributed by atoms with Crippen LogP contribution in [0.25, 0.3) is 0 Å². The molecule has 1 amide bonds. The van der Waals surface area contributed by atoms with Crippen molar-refractivity contribution < 1.29 is 18.0 Å². The number of nitrogens with one attached hydrogen (secondary N) is 1. The summed E-state index contributed by atoms with van der Waals surface area (Å²) in [5.74, 6) is -0.486. The highest BCUT2D eigenvalue weighted by atomic mass is 32.1. The van der Waals surface area contributed by atoms with Crippen LogP contribution in [0.4, 0.5) is 24.0 Å². The lowest BCUT2D eigenvalue weighted by atomic mass is 10.2. The summed E-state index contributed by atoms with van der Waals surface area (Å²) in [7, 11) is 0. The maximum absolute atomic E-state index is 12.5. The molecule has 0 aliphatic carbocycles. The summed E-state index contributed by atoms with van der Waals surface area (Å²) < 4.78 is 37.5. The van der Waals surface area contributed by atoms with Gasteiger partial charge >= 0.3 is 6.18 Å². The van der Waals surface area contributed by atoms with Gasteiger partial charge in [-0.2, -0.15) is 13.2 Å². The Morgan fingerprint density at radius 3 is 2.70 bits per heavy atom. The number of nitrogens with two attached hydrogens (primary N) is 1. The van der Waals surface area contributed by atoms with Gasteiger partial charge in [0.25, 0.3) is 0 Å². The lowest BCUT2D eigenvalue weighted by molar-refractivity contribution is -0.137. The van der Waals surface area contributed by atoms with Crippen LogP contribution in [0, 0.1) is 0 Å². The molecule has 0 aliphatic rings. The molecular weight excluding hydrogens is 293 g/mol. The summed E-state index contributed by atoms with van der Waals surface area (Å²) in [5, 5.41) is 10.2. The first kappa shape index (κ1) is 14.3. The van der Waals surface area contributed by atoms with Gasteiger partial charge in [0.2, 0.25) is 11.0 Å². The summed E-state index contributed by atoms with van der Waals surface area (Å²) in [6.07, 6.45) is -4.54. The van der Waals surface area contributed by atoms with Gasteiger partial charge in [-0.25, -0.2) is 0 Å². The Kier molecular flexibility index (Phi) is 3.89. The van der Waals surface area contributed by atoms with Gasteiger partial charge < -0.3 is 11.1 Å². The van der Waals surface area contributed by atoms with Crippen LogP contribution in [-0.4, -0.2) is 16.1 Å². The molecule has 20 heavy (non-hydrogen) atoms. The van der Waals surface area contributed by atoms with E-state index >= 15 is 0 Å². The molecule has 0 atom stereocenters. The molecule has 0 unspecified atom stereocenters. The van der Waals surface area contributed by atoms with Crippen LogP contribution in [0.3, 0.4) is 0 Å². The molecular formula is C11H9F3N4OS. The number of carbonyl (C=O) groups is 1. The van der Waals surface area contributed by atoms with Gasteiger partial charge in [-0.15, -0.1) is 10.2 Å². The smallest absolute Gasteiger partial charge is 0.374 e. The number of anilines is 2. The van der Waals surface area contributed by atoms with Crippen molar-refractivity contribution in [2.75, 3.05) is 11.1 Å². The van der Waals surface area contributed by atoms with Crippen molar-refractivity contribution in [1.29, 1.82) is 0 Å². The first-order valence-electron chi connectivity index (χ1n) is 5.39. The third-order valence-electron chi connectivity index (χ3n) is 2.27. The minimum atomic E-state index is -4.45. The number of alkyl halides is 3. The number of benzene rings is 1. The maximum atomic E-state index is 12.5. The number of nitrogens with zero attached hydrogens (tertiary/aromatic N) is 2. The fraction of sp³-hybridized carbons (Fsp3) is 0.182. The summed E-state index contributed by atoms with van der Waals surface area (Å²) in [4.78, 5) is 11.7. The molecule has 2 rings (SSSR count). The van der Waals surface area contributed by atoms with Crippen LogP contribution in [0.1, 0.15) is 10.6 Å².